The smallest absolute Gasteiger partial charge is 0.251 e. The summed E-state index contributed by atoms with van der Waals surface area (Å²) in [5.41, 5.74) is 3.12. The largest absolute Gasteiger partial charge is 0.348 e. The van der Waals surface area contributed by atoms with Crippen molar-refractivity contribution in [1.82, 2.24) is 14.9 Å². The van der Waals surface area contributed by atoms with Crippen LogP contribution in [0.1, 0.15) is 26.3 Å². The van der Waals surface area contributed by atoms with Gasteiger partial charge in [0.25, 0.3) is 5.91 Å². The molecule has 31 heavy (non-hydrogen) atoms. The molecule has 0 radical (unpaired) electrons. The molecule has 0 spiro atoms. The van der Waals surface area contributed by atoms with Crippen LogP contribution in [0.5, 0.6) is 0 Å². The van der Waals surface area contributed by atoms with Gasteiger partial charge in [0.2, 0.25) is 0 Å². The Bertz CT molecular complexity index is 1170. The Morgan fingerprint density at radius 3 is 2.35 bits per heavy atom. The molecule has 1 N–H and O–H groups in total. The summed E-state index contributed by atoms with van der Waals surface area (Å²) in [5, 5.41) is 3.65. The summed E-state index contributed by atoms with van der Waals surface area (Å²) >= 11 is 1.38. The van der Waals surface area contributed by atoms with Crippen molar-refractivity contribution in [1.29, 1.82) is 0 Å². The van der Waals surface area contributed by atoms with Gasteiger partial charge in [0, 0.05) is 35.8 Å². The molecule has 1 aromatic heterocycles. The molecule has 0 fully saturated rings. The first-order chi connectivity index (χ1) is 15.2. The number of carbonyl (C=O) groups is 2. The highest BCUT2D eigenvalue weighted by molar-refractivity contribution is 7.99. The first-order valence-corrected chi connectivity index (χ1v) is 10.9. The number of thioether (sulfide) groups is 1. The van der Waals surface area contributed by atoms with Crippen LogP contribution >= 0.6 is 11.8 Å². The fourth-order valence-electron chi connectivity index (χ4n) is 3.11. The zero-order valence-electron chi connectivity index (χ0n) is 16.8. The number of imidazole rings is 1. The molecule has 3 aromatic carbocycles. The molecule has 1 amide bonds. The molecule has 154 valence electrons. The minimum absolute atomic E-state index is 0.0502. The first-order valence-electron chi connectivity index (χ1n) is 9.87. The Hall–Kier alpha value is -3.64. The number of hydrogen-bond donors (Lipinski definition) is 1. The van der Waals surface area contributed by atoms with E-state index in [1.54, 1.807) is 12.3 Å². The van der Waals surface area contributed by atoms with E-state index in [0.29, 0.717) is 22.8 Å². The molecule has 0 bridgehead atoms. The minimum atomic E-state index is -0.140. The van der Waals surface area contributed by atoms with Crippen LogP contribution in [0.3, 0.4) is 0 Å². The van der Waals surface area contributed by atoms with Crippen molar-refractivity contribution in [2.75, 3.05) is 5.75 Å². The van der Waals surface area contributed by atoms with Crippen LogP contribution in [0.15, 0.2) is 102 Å². The topological polar surface area (TPSA) is 64.0 Å². The SMILES string of the molecule is O=C(CSc1nccn1-c1cccc(C(=O)NCc2ccccc2)c1)c1ccccc1. The lowest BCUT2D eigenvalue weighted by atomic mass is 10.1. The van der Waals surface area contributed by atoms with Gasteiger partial charge < -0.3 is 5.32 Å². The summed E-state index contributed by atoms with van der Waals surface area (Å²) in [4.78, 5) is 29.4. The molecule has 0 aliphatic carbocycles. The fourth-order valence-corrected chi connectivity index (χ4v) is 3.98. The molecule has 6 heteroatoms. The molecule has 1 heterocycles. The van der Waals surface area contributed by atoms with Crippen molar-refractivity contribution in [2.45, 2.75) is 11.7 Å². The van der Waals surface area contributed by atoms with E-state index >= 15 is 0 Å². The summed E-state index contributed by atoms with van der Waals surface area (Å²) in [6.07, 6.45) is 3.52. The van der Waals surface area contributed by atoms with Crippen LogP contribution in [0.2, 0.25) is 0 Å². The Morgan fingerprint density at radius 1 is 0.871 bits per heavy atom. The van der Waals surface area contributed by atoms with Gasteiger partial charge in [-0.1, -0.05) is 78.5 Å². The van der Waals surface area contributed by atoms with Gasteiger partial charge in [0.1, 0.15) is 0 Å². The normalized spacial score (nSPS) is 10.6. The lowest BCUT2D eigenvalue weighted by molar-refractivity contribution is 0.0950. The van der Waals surface area contributed by atoms with Crippen molar-refractivity contribution in [3.8, 4) is 5.69 Å². The van der Waals surface area contributed by atoms with E-state index in [-0.39, 0.29) is 17.4 Å². The molecular formula is C25H21N3O2S. The van der Waals surface area contributed by atoms with Gasteiger partial charge >= 0.3 is 0 Å². The highest BCUT2D eigenvalue weighted by Crippen LogP contribution is 2.22. The van der Waals surface area contributed by atoms with Gasteiger partial charge in [-0.25, -0.2) is 4.98 Å². The van der Waals surface area contributed by atoms with Crippen molar-refractivity contribution >= 4 is 23.5 Å². The molecule has 0 saturated carbocycles. The summed E-state index contributed by atoms with van der Waals surface area (Å²) in [6, 6.07) is 26.4. The van der Waals surface area contributed by atoms with Crippen molar-refractivity contribution in [3.05, 3.63) is 114 Å². The quantitative estimate of drug-likeness (QED) is 0.325. The van der Waals surface area contributed by atoms with Gasteiger partial charge in [0.05, 0.1) is 5.75 Å². The van der Waals surface area contributed by atoms with Gasteiger partial charge in [-0.05, 0) is 23.8 Å². The number of amides is 1. The lowest BCUT2D eigenvalue weighted by Crippen LogP contribution is -2.22. The number of hydrogen-bond acceptors (Lipinski definition) is 4. The third-order valence-corrected chi connectivity index (χ3v) is 5.68. The Labute approximate surface area is 185 Å². The molecule has 0 aliphatic heterocycles. The van der Waals surface area contributed by atoms with Crippen LogP contribution < -0.4 is 5.32 Å². The monoisotopic (exact) mass is 427 g/mol. The molecule has 5 nitrogen and oxygen atoms in total. The number of aromatic nitrogens is 2. The molecule has 0 saturated heterocycles. The predicted octanol–water partition coefficient (Wildman–Crippen LogP) is 4.78. The molecule has 0 aliphatic rings. The standard InChI is InChI=1S/C25H21N3O2S/c29-23(20-10-5-2-6-11-20)18-31-25-26-14-15-28(25)22-13-7-12-21(16-22)24(30)27-17-19-8-3-1-4-9-19/h1-16H,17-18H2,(H,27,30). The molecule has 4 rings (SSSR count). The third kappa shape index (κ3) is 5.29. The number of nitrogens with one attached hydrogen (secondary N) is 1. The van der Waals surface area contributed by atoms with Crippen molar-refractivity contribution in [3.63, 3.8) is 0 Å². The second kappa shape index (κ2) is 9.91. The van der Waals surface area contributed by atoms with E-state index in [1.165, 1.54) is 11.8 Å². The van der Waals surface area contributed by atoms with Crippen molar-refractivity contribution < 1.29 is 9.59 Å². The number of nitrogens with zero attached hydrogens (tertiary/aromatic N) is 2. The van der Waals surface area contributed by atoms with Crippen LogP contribution in [-0.4, -0.2) is 27.0 Å². The summed E-state index contributed by atoms with van der Waals surface area (Å²) in [7, 11) is 0. The summed E-state index contributed by atoms with van der Waals surface area (Å²) in [5.74, 6) is 0.201. The van der Waals surface area contributed by atoms with Gasteiger partial charge in [-0.15, -0.1) is 0 Å². The highest BCUT2D eigenvalue weighted by atomic mass is 32.2. The molecule has 0 atom stereocenters. The lowest BCUT2D eigenvalue weighted by Gasteiger charge is -2.10. The molecule has 0 unspecified atom stereocenters. The maximum absolute atomic E-state index is 12.6. The van der Waals surface area contributed by atoms with Crippen molar-refractivity contribution in [2.24, 2.45) is 0 Å². The number of ketones is 1. The number of benzene rings is 3. The maximum atomic E-state index is 12.6. The van der Waals surface area contributed by atoms with Gasteiger partial charge in [-0.3, -0.25) is 14.2 Å². The summed E-state index contributed by atoms with van der Waals surface area (Å²) in [6.45, 7) is 0.470. The van der Waals surface area contributed by atoms with E-state index < -0.39 is 0 Å². The number of Topliss-reactive ketones (excluding diaryl/α,β-unsaturated/α-hetero) is 1. The Morgan fingerprint density at radius 2 is 1.58 bits per heavy atom. The molecule has 4 aromatic rings. The Kier molecular flexibility index (Phi) is 6.59. The summed E-state index contributed by atoms with van der Waals surface area (Å²) < 4.78 is 1.89. The predicted molar refractivity (Wildman–Crippen MR) is 123 cm³/mol. The fraction of sp³-hybridized carbons (Fsp3) is 0.0800. The van der Waals surface area contributed by atoms with Crippen LogP contribution in [-0.2, 0) is 6.54 Å². The molecular weight excluding hydrogens is 406 g/mol. The highest BCUT2D eigenvalue weighted by Gasteiger charge is 2.12. The van der Waals surface area contributed by atoms with E-state index in [1.807, 2.05) is 89.6 Å². The van der Waals surface area contributed by atoms with Gasteiger partial charge in [0.15, 0.2) is 10.9 Å². The van der Waals surface area contributed by atoms with Crippen LogP contribution in [0.4, 0.5) is 0 Å². The zero-order chi connectivity index (χ0) is 21.5. The van der Waals surface area contributed by atoms with E-state index in [9.17, 15) is 9.59 Å². The Balaban J connectivity index is 1.44. The minimum Gasteiger partial charge on any atom is -0.348 e. The zero-order valence-corrected chi connectivity index (χ0v) is 17.6. The van der Waals surface area contributed by atoms with E-state index in [2.05, 4.69) is 10.3 Å². The van der Waals surface area contributed by atoms with Gasteiger partial charge in [-0.2, -0.15) is 0 Å². The second-order valence-corrected chi connectivity index (χ2v) is 7.82. The average Bonchev–Trinajstić information content (AvgIpc) is 3.31. The maximum Gasteiger partial charge on any atom is 0.251 e. The second-order valence-electron chi connectivity index (χ2n) is 6.88. The third-order valence-electron chi connectivity index (χ3n) is 4.72. The van der Waals surface area contributed by atoms with E-state index in [0.717, 1.165) is 11.3 Å². The number of rotatable bonds is 8. The van der Waals surface area contributed by atoms with Crippen LogP contribution in [0.25, 0.3) is 5.69 Å². The number of carbonyl (C=O) groups excluding carboxylic acids is 2. The van der Waals surface area contributed by atoms with Crippen LogP contribution in [0, 0.1) is 0 Å². The first kappa shape index (κ1) is 20.6. The average molecular weight is 428 g/mol. The van der Waals surface area contributed by atoms with E-state index in [4.69, 9.17) is 0 Å².